The standard InChI is InChI=1S/C26H26ClN3O6S/c1-6-9-36-23-20(27)10-16(11-21(23)35-8-3)12-22(25(31)32)37-26-29-28-24(30(26)7-2)17-13-18(33-4)15-19(14-17)34-5/h1,10-15H,7-9H2,2-5H3,(H,31,32)/b22-12-. The van der Waals surface area contributed by atoms with Crippen LogP contribution in [-0.2, 0) is 11.3 Å². The molecule has 0 saturated carbocycles. The molecule has 0 bridgehead atoms. The van der Waals surface area contributed by atoms with Crippen LogP contribution in [0.1, 0.15) is 19.4 Å². The first-order chi connectivity index (χ1) is 17.8. The summed E-state index contributed by atoms with van der Waals surface area (Å²) >= 11 is 7.36. The Hall–Kier alpha value is -3.81. The van der Waals surface area contributed by atoms with E-state index >= 15 is 0 Å². The van der Waals surface area contributed by atoms with Crippen LogP contribution in [0.5, 0.6) is 23.0 Å². The summed E-state index contributed by atoms with van der Waals surface area (Å²) < 4.78 is 23.7. The number of carbonyl (C=O) groups is 1. The van der Waals surface area contributed by atoms with Crippen molar-refractivity contribution in [2.24, 2.45) is 0 Å². The molecule has 0 amide bonds. The molecule has 0 atom stereocenters. The summed E-state index contributed by atoms with van der Waals surface area (Å²) in [4.78, 5) is 12.2. The molecule has 0 fully saturated rings. The monoisotopic (exact) mass is 543 g/mol. The number of aliphatic carboxylic acids is 1. The Morgan fingerprint density at radius 1 is 1.14 bits per heavy atom. The first kappa shape index (κ1) is 27.8. The fraction of sp³-hybridized carbons (Fsp3) is 0.269. The molecule has 1 heterocycles. The molecular formula is C26H26ClN3O6S. The van der Waals surface area contributed by atoms with Crippen molar-refractivity contribution in [3.63, 3.8) is 0 Å². The van der Waals surface area contributed by atoms with E-state index in [0.29, 0.717) is 58.3 Å². The van der Waals surface area contributed by atoms with Crippen LogP contribution < -0.4 is 18.9 Å². The van der Waals surface area contributed by atoms with Crippen LogP contribution in [-0.4, -0.2) is 53.3 Å². The average molecular weight is 544 g/mol. The lowest BCUT2D eigenvalue weighted by Gasteiger charge is -2.13. The van der Waals surface area contributed by atoms with Gasteiger partial charge in [0.1, 0.15) is 23.0 Å². The molecule has 0 unspecified atom stereocenters. The highest BCUT2D eigenvalue weighted by Gasteiger charge is 2.20. The Labute approximate surface area is 224 Å². The van der Waals surface area contributed by atoms with Gasteiger partial charge in [0.15, 0.2) is 22.5 Å². The Bertz CT molecular complexity index is 1330. The number of halogens is 1. The lowest BCUT2D eigenvalue weighted by molar-refractivity contribution is -0.131. The molecule has 194 valence electrons. The van der Waals surface area contributed by atoms with Crippen LogP contribution in [0.4, 0.5) is 0 Å². The van der Waals surface area contributed by atoms with Gasteiger partial charge in [-0.3, -0.25) is 0 Å². The minimum atomic E-state index is -1.14. The van der Waals surface area contributed by atoms with Crippen LogP contribution >= 0.6 is 23.4 Å². The molecular weight excluding hydrogens is 518 g/mol. The molecule has 1 N–H and O–H groups in total. The molecule has 9 nitrogen and oxygen atoms in total. The number of terminal acetylenes is 1. The van der Waals surface area contributed by atoms with Gasteiger partial charge in [-0.1, -0.05) is 17.5 Å². The summed E-state index contributed by atoms with van der Waals surface area (Å²) in [5.74, 6) is 3.63. The minimum Gasteiger partial charge on any atom is -0.497 e. The van der Waals surface area contributed by atoms with Crippen LogP contribution in [0.2, 0.25) is 5.02 Å². The first-order valence-electron chi connectivity index (χ1n) is 11.2. The van der Waals surface area contributed by atoms with Gasteiger partial charge in [0.05, 0.1) is 25.8 Å². The molecule has 0 saturated heterocycles. The van der Waals surface area contributed by atoms with Crippen molar-refractivity contribution in [1.82, 2.24) is 14.8 Å². The van der Waals surface area contributed by atoms with Crippen molar-refractivity contribution in [2.45, 2.75) is 25.5 Å². The van der Waals surface area contributed by atoms with Gasteiger partial charge in [0.25, 0.3) is 0 Å². The highest BCUT2D eigenvalue weighted by Crippen LogP contribution is 2.39. The molecule has 3 rings (SSSR count). The van der Waals surface area contributed by atoms with Crippen molar-refractivity contribution < 1.29 is 28.8 Å². The zero-order valence-electron chi connectivity index (χ0n) is 20.8. The maximum atomic E-state index is 12.2. The third-order valence-electron chi connectivity index (χ3n) is 4.98. The highest BCUT2D eigenvalue weighted by atomic mass is 35.5. The number of hydrogen-bond donors (Lipinski definition) is 1. The third kappa shape index (κ3) is 6.70. The average Bonchev–Trinajstić information content (AvgIpc) is 3.30. The van der Waals surface area contributed by atoms with E-state index in [0.717, 1.165) is 11.8 Å². The smallest absolute Gasteiger partial charge is 0.342 e. The quantitative estimate of drug-likeness (QED) is 0.186. The third-order valence-corrected chi connectivity index (χ3v) is 6.26. The number of ether oxygens (including phenoxy) is 4. The topological polar surface area (TPSA) is 105 Å². The lowest BCUT2D eigenvalue weighted by atomic mass is 10.2. The Morgan fingerprint density at radius 2 is 1.84 bits per heavy atom. The molecule has 0 aliphatic carbocycles. The number of carboxylic acid groups (broad SMARTS) is 1. The van der Waals surface area contributed by atoms with Crippen molar-refractivity contribution in [3.05, 3.63) is 45.8 Å². The SMILES string of the molecule is C#CCOc1c(Cl)cc(/C=C(\Sc2nnc(-c3cc(OC)cc(OC)c3)n2CC)C(=O)O)cc1OCC. The summed E-state index contributed by atoms with van der Waals surface area (Å²) in [7, 11) is 3.12. The number of nitrogens with zero attached hydrogens (tertiary/aromatic N) is 3. The van der Waals surface area contributed by atoms with Crippen molar-refractivity contribution in [1.29, 1.82) is 0 Å². The largest absolute Gasteiger partial charge is 0.497 e. The van der Waals surface area contributed by atoms with Crippen molar-refractivity contribution >= 4 is 35.4 Å². The number of carboxylic acids is 1. The van der Waals surface area contributed by atoms with E-state index in [1.165, 1.54) is 6.08 Å². The Morgan fingerprint density at radius 3 is 2.41 bits per heavy atom. The van der Waals surface area contributed by atoms with E-state index in [1.807, 2.05) is 30.5 Å². The summed E-state index contributed by atoms with van der Waals surface area (Å²) in [5, 5.41) is 19.1. The lowest BCUT2D eigenvalue weighted by Crippen LogP contribution is -2.03. The molecule has 0 aliphatic heterocycles. The summed E-state index contributed by atoms with van der Waals surface area (Å²) in [6, 6.07) is 8.59. The second-order valence-electron chi connectivity index (χ2n) is 7.32. The number of hydrogen-bond acceptors (Lipinski definition) is 8. The minimum absolute atomic E-state index is 0.00711. The normalized spacial score (nSPS) is 11.1. The van der Waals surface area contributed by atoms with E-state index in [2.05, 4.69) is 16.1 Å². The molecule has 11 heteroatoms. The van der Waals surface area contributed by atoms with Gasteiger partial charge >= 0.3 is 5.97 Å². The summed E-state index contributed by atoms with van der Waals surface area (Å²) in [6.07, 6.45) is 6.76. The van der Waals surface area contributed by atoms with Gasteiger partial charge in [0.2, 0.25) is 0 Å². The van der Waals surface area contributed by atoms with Gasteiger partial charge in [-0.2, -0.15) is 0 Å². The van der Waals surface area contributed by atoms with E-state index in [1.54, 1.807) is 32.4 Å². The highest BCUT2D eigenvalue weighted by molar-refractivity contribution is 8.04. The summed E-state index contributed by atoms with van der Waals surface area (Å²) in [5.41, 5.74) is 1.22. The molecule has 37 heavy (non-hydrogen) atoms. The van der Waals surface area contributed by atoms with E-state index in [-0.39, 0.29) is 16.5 Å². The molecule has 3 aromatic rings. The fourth-order valence-corrected chi connectivity index (χ4v) is 4.53. The van der Waals surface area contributed by atoms with Crippen LogP contribution in [0.25, 0.3) is 17.5 Å². The van der Waals surface area contributed by atoms with Crippen LogP contribution in [0, 0.1) is 12.3 Å². The fourth-order valence-electron chi connectivity index (χ4n) is 3.37. The first-order valence-corrected chi connectivity index (χ1v) is 12.4. The van der Waals surface area contributed by atoms with E-state index in [9.17, 15) is 9.90 Å². The van der Waals surface area contributed by atoms with Gasteiger partial charge in [-0.15, -0.1) is 16.6 Å². The van der Waals surface area contributed by atoms with E-state index < -0.39 is 5.97 Å². The molecule has 0 aliphatic rings. The predicted molar refractivity (Wildman–Crippen MR) is 143 cm³/mol. The number of rotatable bonds is 12. The second kappa shape index (κ2) is 12.9. The number of benzene rings is 2. The predicted octanol–water partition coefficient (Wildman–Crippen LogP) is 5.26. The number of methoxy groups -OCH3 is 2. The maximum absolute atomic E-state index is 12.2. The summed E-state index contributed by atoms with van der Waals surface area (Å²) in [6.45, 7) is 4.60. The number of aromatic nitrogens is 3. The number of thioether (sulfide) groups is 1. The zero-order valence-corrected chi connectivity index (χ0v) is 22.4. The molecule has 2 aromatic carbocycles. The molecule has 0 radical (unpaired) electrons. The van der Waals surface area contributed by atoms with Gasteiger partial charge in [-0.05, 0) is 61.5 Å². The Balaban J connectivity index is 2.01. The second-order valence-corrected chi connectivity index (χ2v) is 8.74. The van der Waals surface area contributed by atoms with Crippen molar-refractivity contribution in [3.8, 4) is 46.7 Å². The molecule has 0 spiro atoms. The van der Waals surface area contributed by atoms with Crippen molar-refractivity contribution in [2.75, 3.05) is 27.4 Å². The van der Waals surface area contributed by atoms with Gasteiger partial charge in [0, 0.05) is 18.2 Å². The van der Waals surface area contributed by atoms with Gasteiger partial charge in [-0.25, -0.2) is 4.79 Å². The maximum Gasteiger partial charge on any atom is 0.342 e. The van der Waals surface area contributed by atoms with E-state index in [4.69, 9.17) is 37.0 Å². The molecule has 1 aromatic heterocycles. The van der Waals surface area contributed by atoms with Crippen LogP contribution in [0.3, 0.4) is 0 Å². The Kier molecular flexibility index (Phi) is 9.71. The zero-order chi connectivity index (χ0) is 26.9. The van der Waals surface area contributed by atoms with Gasteiger partial charge < -0.3 is 28.6 Å². The van der Waals surface area contributed by atoms with Crippen LogP contribution in [0.15, 0.2) is 40.4 Å².